The van der Waals surface area contributed by atoms with Crippen LogP contribution in [-0.2, 0) is 24.2 Å². The number of aryl methyl sites for hydroxylation is 2. The van der Waals surface area contributed by atoms with Gasteiger partial charge in [-0.25, -0.2) is 0 Å². The van der Waals surface area contributed by atoms with Gasteiger partial charge in [0.25, 0.3) is 5.91 Å². The Balaban J connectivity index is 1.27. The summed E-state index contributed by atoms with van der Waals surface area (Å²) in [6.45, 7) is 3.75. The number of likely N-dealkylation sites (tertiary alicyclic amines) is 1. The Morgan fingerprint density at radius 3 is 2.40 bits per heavy atom. The lowest BCUT2D eigenvalue weighted by Crippen LogP contribution is -2.29. The number of nitrogens with two attached hydrogens (primary N) is 1. The van der Waals surface area contributed by atoms with Crippen LogP contribution in [0.4, 0.5) is 5.69 Å². The van der Waals surface area contributed by atoms with Crippen molar-refractivity contribution >= 4 is 17.5 Å². The summed E-state index contributed by atoms with van der Waals surface area (Å²) < 4.78 is 1.67. The normalized spacial score (nSPS) is 18.8. The molecule has 35 heavy (non-hydrogen) atoms. The highest BCUT2D eigenvalue weighted by molar-refractivity contribution is 5.96. The van der Waals surface area contributed by atoms with Gasteiger partial charge in [-0.3, -0.25) is 19.2 Å². The number of amides is 2. The molecule has 1 unspecified atom stereocenters. The van der Waals surface area contributed by atoms with Gasteiger partial charge in [0.1, 0.15) is 5.69 Å². The smallest absolute Gasteiger partial charge is 0.266 e. The van der Waals surface area contributed by atoms with E-state index < -0.39 is 5.91 Å². The van der Waals surface area contributed by atoms with Crippen LogP contribution in [0.15, 0.2) is 60.7 Å². The molecule has 1 atom stereocenters. The number of benzene rings is 2. The molecule has 0 radical (unpaired) electrons. The number of primary amides is 1. The Kier molecular flexibility index (Phi) is 6.95. The second kappa shape index (κ2) is 10.4. The minimum absolute atomic E-state index is 0.0375. The molecule has 1 aromatic heterocycles. The summed E-state index contributed by atoms with van der Waals surface area (Å²) >= 11 is 0. The Morgan fingerprint density at radius 1 is 0.943 bits per heavy atom. The Bertz CT molecular complexity index is 1170. The molecule has 2 aliphatic rings. The van der Waals surface area contributed by atoms with Gasteiger partial charge in [0.15, 0.2) is 0 Å². The van der Waals surface area contributed by atoms with Gasteiger partial charge in [-0.05, 0) is 68.1 Å². The van der Waals surface area contributed by atoms with E-state index in [0.717, 1.165) is 37.4 Å². The monoisotopic (exact) mass is 471 g/mol. The molecule has 5 rings (SSSR count). The average Bonchev–Trinajstić information content (AvgIpc) is 3.48. The number of hydrogen-bond donors (Lipinski definition) is 1. The topological polar surface area (TPSA) is 84.5 Å². The molecule has 0 saturated carbocycles. The minimum Gasteiger partial charge on any atom is -0.364 e. The van der Waals surface area contributed by atoms with Crippen LogP contribution in [0.25, 0.3) is 0 Å². The van der Waals surface area contributed by atoms with Crippen molar-refractivity contribution in [2.45, 2.75) is 51.1 Å². The molecule has 7 heteroatoms. The first-order valence-electron chi connectivity index (χ1n) is 12.6. The van der Waals surface area contributed by atoms with Crippen LogP contribution >= 0.6 is 0 Å². The molecule has 2 saturated heterocycles. The molecule has 182 valence electrons. The van der Waals surface area contributed by atoms with E-state index in [2.05, 4.69) is 29.2 Å². The quantitative estimate of drug-likeness (QED) is 0.543. The van der Waals surface area contributed by atoms with E-state index in [1.54, 1.807) is 15.6 Å². The number of carbonyl (C=O) groups excluding carboxylic acids is 2. The van der Waals surface area contributed by atoms with Crippen LogP contribution in [0.1, 0.15) is 59.0 Å². The molecule has 2 fully saturated rings. The number of anilines is 1. The van der Waals surface area contributed by atoms with Crippen LogP contribution < -0.4 is 10.6 Å². The van der Waals surface area contributed by atoms with Gasteiger partial charge < -0.3 is 10.6 Å². The number of hydrogen-bond acceptors (Lipinski definition) is 4. The van der Waals surface area contributed by atoms with Gasteiger partial charge in [-0.2, -0.15) is 5.10 Å². The standard InChI is InChI=1S/C28H33N5O2/c29-28(35)26-17-23(12-9-21-7-3-1-4-8-21)30-33(26)25-18-27(34)32(20-25)24-13-10-22(11-14-24)19-31-15-5-2-6-16-31/h1,3-4,7-8,10-11,13-14,17,25H,2,5-6,9,12,15-16,18-20H2,(H2,29,35). The van der Waals surface area contributed by atoms with Crippen molar-refractivity contribution in [1.29, 1.82) is 0 Å². The second-order valence-corrected chi connectivity index (χ2v) is 9.68. The zero-order valence-corrected chi connectivity index (χ0v) is 20.1. The molecule has 0 aliphatic carbocycles. The van der Waals surface area contributed by atoms with Crippen molar-refractivity contribution in [2.75, 3.05) is 24.5 Å². The number of aromatic nitrogens is 2. The summed E-state index contributed by atoms with van der Waals surface area (Å²) in [4.78, 5) is 29.4. The molecule has 3 heterocycles. The van der Waals surface area contributed by atoms with E-state index in [4.69, 9.17) is 10.8 Å². The van der Waals surface area contributed by atoms with Gasteiger partial charge in [-0.1, -0.05) is 48.9 Å². The van der Waals surface area contributed by atoms with E-state index in [0.29, 0.717) is 25.1 Å². The van der Waals surface area contributed by atoms with Gasteiger partial charge in [-0.15, -0.1) is 0 Å². The molecular formula is C28H33N5O2. The third kappa shape index (κ3) is 5.46. The van der Waals surface area contributed by atoms with Crippen LogP contribution in [0.2, 0.25) is 0 Å². The van der Waals surface area contributed by atoms with Crippen LogP contribution in [0, 0.1) is 0 Å². The average molecular weight is 472 g/mol. The number of nitrogens with zero attached hydrogens (tertiary/aromatic N) is 4. The molecule has 2 amide bonds. The molecule has 7 nitrogen and oxygen atoms in total. The molecule has 0 spiro atoms. The number of rotatable bonds is 8. The van der Waals surface area contributed by atoms with Crippen LogP contribution in [0.3, 0.4) is 0 Å². The number of piperidine rings is 1. The summed E-state index contributed by atoms with van der Waals surface area (Å²) in [5.41, 5.74) is 10.2. The zero-order chi connectivity index (χ0) is 24.2. The third-order valence-electron chi connectivity index (χ3n) is 7.10. The molecule has 2 aromatic carbocycles. The van der Waals surface area contributed by atoms with Gasteiger partial charge >= 0.3 is 0 Å². The molecule has 2 aliphatic heterocycles. The highest BCUT2D eigenvalue weighted by atomic mass is 16.2. The highest BCUT2D eigenvalue weighted by Crippen LogP contribution is 2.29. The molecule has 3 aromatic rings. The maximum atomic E-state index is 12.9. The van der Waals surface area contributed by atoms with Crippen molar-refractivity contribution < 1.29 is 9.59 Å². The molecular weight excluding hydrogens is 438 g/mol. The first-order valence-corrected chi connectivity index (χ1v) is 12.6. The fourth-order valence-electron chi connectivity index (χ4n) is 5.21. The molecule has 2 N–H and O–H groups in total. The van der Waals surface area contributed by atoms with Gasteiger partial charge in [0.05, 0.1) is 18.2 Å². The second-order valence-electron chi connectivity index (χ2n) is 9.68. The zero-order valence-electron chi connectivity index (χ0n) is 20.1. The summed E-state index contributed by atoms with van der Waals surface area (Å²) in [5, 5.41) is 4.70. The maximum absolute atomic E-state index is 12.9. The predicted molar refractivity (Wildman–Crippen MR) is 136 cm³/mol. The Morgan fingerprint density at radius 2 is 1.69 bits per heavy atom. The van der Waals surface area contributed by atoms with E-state index in [1.807, 2.05) is 30.3 Å². The summed E-state index contributed by atoms with van der Waals surface area (Å²) in [5.74, 6) is -0.480. The van der Waals surface area contributed by atoms with Gasteiger partial charge in [0, 0.05) is 18.8 Å². The minimum atomic E-state index is -0.517. The lowest BCUT2D eigenvalue weighted by atomic mass is 10.1. The van der Waals surface area contributed by atoms with Crippen molar-refractivity contribution in [3.05, 3.63) is 83.2 Å². The van der Waals surface area contributed by atoms with Crippen molar-refractivity contribution in [1.82, 2.24) is 14.7 Å². The van der Waals surface area contributed by atoms with E-state index >= 15 is 0 Å². The first kappa shape index (κ1) is 23.3. The lowest BCUT2D eigenvalue weighted by molar-refractivity contribution is -0.117. The highest BCUT2D eigenvalue weighted by Gasteiger charge is 2.34. The van der Waals surface area contributed by atoms with Crippen LogP contribution in [-0.4, -0.2) is 46.1 Å². The first-order chi connectivity index (χ1) is 17.1. The fraction of sp³-hybridized carbons (Fsp3) is 0.393. The largest absolute Gasteiger partial charge is 0.364 e. The van der Waals surface area contributed by atoms with Gasteiger partial charge in [0.2, 0.25) is 5.91 Å². The number of carbonyl (C=O) groups is 2. The SMILES string of the molecule is NC(=O)c1cc(CCc2ccccc2)nn1C1CC(=O)N(c2ccc(CN3CCCCC3)cc2)C1. The summed E-state index contributed by atoms with van der Waals surface area (Å²) in [6.07, 6.45) is 5.72. The van der Waals surface area contributed by atoms with Crippen molar-refractivity contribution in [3.63, 3.8) is 0 Å². The Labute approximate surface area is 206 Å². The summed E-state index contributed by atoms with van der Waals surface area (Å²) in [7, 11) is 0. The van der Waals surface area contributed by atoms with E-state index in [9.17, 15) is 9.59 Å². The predicted octanol–water partition coefficient (Wildman–Crippen LogP) is 3.73. The van der Waals surface area contributed by atoms with Crippen LogP contribution in [0.5, 0.6) is 0 Å². The van der Waals surface area contributed by atoms with E-state index in [-0.39, 0.29) is 11.9 Å². The third-order valence-corrected chi connectivity index (χ3v) is 7.10. The van der Waals surface area contributed by atoms with E-state index in [1.165, 1.54) is 30.4 Å². The van der Waals surface area contributed by atoms with Crippen molar-refractivity contribution in [2.24, 2.45) is 5.73 Å². The Hall–Kier alpha value is -3.45. The maximum Gasteiger partial charge on any atom is 0.266 e. The lowest BCUT2D eigenvalue weighted by Gasteiger charge is -2.26. The molecule has 0 bridgehead atoms. The summed E-state index contributed by atoms with van der Waals surface area (Å²) in [6, 6.07) is 20.0. The van der Waals surface area contributed by atoms with Crippen molar-refractivity contribution in [3.8, 4) is 0 Å². The fourth-order valence-corrected chi connectivity index (χ4v) is 5.21.